The topological polar surface area (TPSA) is 71.4 Å². The average Bonchev–Trinajstić information content (AvgIpc) is 1.59. The van der Waals surface area contributed by atoms with E-state index in [1.54, 1.807) is 0 Å². The van der Waals surface area contributed by atoms with Gasteiger partial charge in [0.1, 0.15) is 0 Å². The van der Waals surface area contributed by atoms with Crippen molar-refractivity contribution in [1.29, 1.82) is 0 Å². The fraction of sp³-hybridized carbons (Fsp3) is 0.500. The van der Waals surface area contributed by atoms with E-state index in [4.69, 9.17) is 5.11 Å². The molecule has 0 aliphatic heterocycles. The van der Waals surface area contributed by atoms with Gasteiger partial charge in [-0.3, -0.25) is 14.4 Å². The van der Waals surface area contributed by atoms with E-state index in [1.165, 1.54) is 0 Å². The van der Waals surface area contributed by atoms with Crippen molar-refractivity contribution in [2.45, 2.75) is 13.8 Å². The molecule has 0 rings (SSSR count). The van der Waals surface area contributed by atoms with Gasteiger partial charge in [-0.05, 0) is 13.8 Å². The first-order valence-electron chi connectivity index (χ1n) is 2.70. The van der Waals surface area contributed by atoms with Crippen molar-refractivity contribution in [3.8, 4) is 0 Å². The molecule has 0 aromatic rings. The van der Waals surface area contributed by atoms with Gasteiger partial charge < -0.3 is 5.11 Å². The molecule has 11 heavy (non-hydrogen) atoms. The molecule has 0 atom stereocenters. The van der Waals surface area contributed by atoms with Gasteiger partial charge in [-0.1, -0.05) is 0 Å². The van der Waals surface area contributed by atoms with E-state index >= 15 is 0 Å². The molecule has 0 saturated heterocycles. The van der Waals surface area contributed by atoms with Crippen LogP contribution in [-0.2, 0) is 14.4 Å². The third-order valence-corrected chi connectivity index (χ3v) is 1.06. The Bertz CT molecular complexity index is 154. The summed E-state index contributed by atoms with van der Waals surface area (Å²) in [5.74, 6) is -4.10. The minimum absolute atomic E-state index is 0. The molecular formula is C6H8O4Sn. The van der Waals surface area contributed by atoms with E-state index in [9.17, 15) is 14.4 Å². The van der Waals surface area contributed by atoms with E-state index in [-0.39, 0.29) is 23.9 Å². The SMILES string of the molecule is CC(=O)C(C(C)=O)C(=O)O.[Sn]. The second-order valence-corrected chi connectivity index (χ2v) is 1.99. The summed E-state index contributed by atoms with van der Waals surface area (Å²) >= 11 is 0. The van der Waals surface area contributed by atoms with Crippen molar-refractivity contribution in [1.82, 2.24) is 0 Å². The first-order valence-corrected chi connectivity index (χ1v) is 2.70. The molecule has 0 fully saturated rings. The predicted octanol–water partition coefficient (Wildman–Crippen LogP) is -0.516. The van der Waals surface area contributed by atoms with E-state index in [1.807, 2.05) is 0 Å². The summed E-state index contributed by atoms with van der Waals surface area (Å²) in [6.45, 7) is 2.17. The van der Waals surface area contributed by atoms with Crippen LogP contribution < -0.4 is 0 Å². The van der Waals surface area contributed by atoms with Crippen LogP contribution in [0.1, 0.15) is 13.8 Å². The second kappa shape index (κ2) is 5.28. The summed E-state index contributed by atoms with van der Waals surface area (Å²) in [6, 6.07) is 0. The van der Waals surface area contributed by atoms with Crippen LogP contribution in [0.15, 0.2) is 0 Å². The maximum Gasteiger partial charge on any atom is 0.321 e. The van der Waals surface area contributed by atoms with Crippen molar-refractivity contribution in [3.63, 3.8) is 0 Å². The molecule has 4 nitrogen and oxygen atoms in total. The summed E-state index contributed by atoms with van der Waals surface area (Å²) in [5, 5.41) is 8.27. The largest absolute Gasteiger partial charge is 0.480 e. The Labute approximate surface area is 80.9 Å². The average molecular weight is 263 g/mol. The molecule has 0 unspecified atom stereocenters. The first kappa shape index (κ1) is 13.2. The number of ketones is 2. The zero-order chi connectivity index (χ0) is 8.31. The third kappa shape index (κ3) is 4.13. The zero-order valence-electron chi connectivity index (χ0n) is 6.25. The number of aliphatic carboxylic acids is 1. The van der Waals surface area contributed by atoms with E-state index in [0.29, 0.717) is 0 Å². The Morgan fingerprint density at radius 3 is 1.36 bits per heavy atom. The minimum Gasteiger partial charge on any atom is -0.480 e. The maximum atomic E-state index is 10.4. The number of carboxylic acids is 1. The maximum absolute atomic E-state index is 10.4. The molecule has 0 heterocycles. The Morgan fingerprint density at radius 1 is 1.09 bits per heavy atom. The molecule has 0 aromatic carbocycles. The van der Waals surface area contributed by atoms with Crippen LogP contribution in [0.25, 0.3) is 0 Å². The van der Waals surface area contributed by atoms with Crippen LogP contribution in [0, 0.1) is 5.92 Å². The zero-order valence-corrected chi connectivity index (χ0v) is 9.10. The van der Waals surface area contributed by atoms with Gasteiger partial charge in [0, 0.05) is 23.9 Å². The van der Waals surface area contributed by atoms with Crippen molar-refractivity contribution in [3.05, 3.63) is 0 Å². The molecule has 60 valence electrons. The Hall–Kier alpha value is -0.391. The Morgan fingerprint density at radius 2 is 1.36 bits per heavy atom. The van der Waals surface area contributed by atoms with E-state index in [2.05, 4.69) is 0 Å². The summed E-state index contributed by atoms with van der Waals surface area (Å²) in [4.78, 5) is 31.0. The molecule has 5 heteroatoms. The van der Waals surface area contributed by atoms with Gasteiger partial charge in [0.15, 0.2) is 17.5 Å². The van der Waals surface area contributed by atoms with Gasteiger partial charge in [-0.25, -0.2) is 0 Å². The van der Waals surface area contributed by atoms with Gasteiger partial charge >= 0.3 is 5.97 Å². The minimum atomic E-state index is -1.47. The number of hydrogen-bond acceptors (Lipinski definition) is 3. The quantitative estimate of drug-likeness (QED) is 0.549. The van der Waals surface area contributed by atoms with Gasteiger partial charge in [0.05, 0.1) is 0 Å². The second-order valence-electron chi connectivity index (χ2n) is 1.99. The van der Waals surface area contributed by atoms with Gasteiger partial charge in [0.25, 0.3) is 0 Å². The first-order chi connectivity index (χ1) is 4.46. The monoisotopic (exact) mass is 264 g/mol. The summed E-state index contributed by atoms with van der Waals surface area (Å²) in [5.41, 5.74) is 0. The van der Waals surface area contributed by atoms with Crippen molar-refractivity contribution in [2.75, 3.05) is 0 Å². The number of Topliss-reactive ketones (excluding diaryl/α,β-unsaturated/α-hetero) is 2. The molecule has 1 N–H and O–H groups in total. The standard InChI is InChI=1S/C6H8O4.Sn/c1-3(7)5(4(2)8)6(9)10;/h5H,1-2H3,(H,9,10);. The smallest absolute Gasteiger partial charge is 0.321 e. The molecule has 0 aromatic heterocycles. The molecular weight excluding hydrogens is 255 g/mol. The number of rotatable bonds is 3. The van der Waals surface area contributed by atoms with Crippen LogP contribution in [0.4, 0.5) is 0 Å². The number of carboxylic acid groups (broad SMARTS) is 1. The fourth-order valence-corrected chi connectivity index (χ4v) is 0.634. The molecule has 0 spiro atoms. The molecule has 0 saturated carbocycles. The number of hydrogen-bond donors (Lipinski definition) is 1. The van der Waals surface area contributed by atoms with E-state index < -0.39 is 23.5 Å². The van der Waals surface area contributed by atoms with Gasteiger partial charge in [-0.15, -0.1) is 0 Å². The molecule has 0 amide bonds. The normalized spacial score (nSPS) is 8.64. The summed E-state index contributed by atoms with van der Waals surface area (Å²) < 4.78 is 0. The van der Waals surface area contributed by atoms with Crippen molar-refractivity contribution < 1.29 is 19.5 Å². The predicted molar refractivity (Wildman–Crippen MR) is 38.2 cm³/mol. The van der Waals surface area contributed by atoms with Gasteiger partial charge in [0.2, 0.25) is 0 Å². The summed E-state index contributed by atoms with van der Waals surface area (Å²) in [7, 11) is 0. The van der Waals surface area contributed by atoms with Crippen LogP contribution in [-0.4, -0.2) is 46.5 Å². The van der Waals surface area contributed by atoms with Crippen LogP contribution in [0.5, 0.6) is 0 Å². The molecule has 4 radical (unpaired) electrons. The van der Waals surface area contributed by atoms with Crippen molar-refractivity contribution in [2.24, 2.45) is 5.92 Å². The number of carbonyl (C=O) groups is 3. The van der Waals surface area contributed by atoms with Crippen molar-refractivity contribution >= 4 is 41.4 Å². The van der Waals surface area contributed by atoms with Crippen LogP contribution >= 0.6 is 0 Å². The Balaban J connectivity index is 0. The molecule has 0 bridgehead atoms. The number of carbonyl (C=O) groups excluding carboxylic acids is 2. The fourth-order valence-electron chi connectivity index (χ4n) is 0.634. The summed E-state index contributed by atoms with van der Waals surface area (Å²) in [6.07, 6.45) is 0. The molecule has 0 aliphatic carbocycles. The van der Waals surface area contributed by atoms with Crippen LogP contribution in [0.2, 0.25) is 0 Å². The Kier molecular flexibility index (Phi) is 6.35. The van der Waals surface area contributed by atoms with Crippen LogP contribution in [0.3, 0.4) is 0 Å². The van der Waals surface area contributed by atoms with E-state index in [0.717, 1.165) is 13.8 Å². The third-order valence-electron chi connectivity index (χ3n) is 1.06. The molecule has 0 aliphatic rings. The van der Waals surface area contributed by atoms with Gasteiger partial charge in [-0.2, -0.15) is 0 Å².